The third-order valence-corrected chi connectivity index (χ3v) is 2.99. The Morgan fingerprint density at radius 2 is 1.78 bits per heavy atom. The number of hydrogen-bond donors (Lipinski definition) is 1. The van der Waals surface area contributed by atoms with Gasteiger partial charge in [-0.15, -0.1) is 0 Å². The Kier molecular flexibility index (Phi) is 3.63. The fourth-order valence-corrected chi connectivity index (χ4v) is 2.05. The van der Waals surface area contributed by atoms with Crippen molar-refractivity contribution in [2.24, 2.45) is 0 Å². The van der Waals surface area contributed by atoms with Crippen LogP contribution >= 0.6 is 0 Å². The molecule has 1 N–H and O–H groups in total. The summed E-state index contributed by atoms with van der Waals surface area (Å²) in [7, 11) is 1.60. The van der Waals surface area contributed by atoms with Gasteiger partial charge in [-0.2, -0.15) is 0 Å². The van der Waals surface area contributed by atoms with Crippen molar-refractivity contribution in [1.29, 1.82) is 0 Å². The highest BCUT2D eigenvalue weighted by Gasteiger charge is 2.17. The molecule has 18 heavy (non-hydrogen) atoms. The second-order valence-electron chi connectivity index (χ2n) is 4.27. The topological polar surface area (TPSA) is 42.4 Å². The molecule has 2 aromatic rings. The Morgan fingerprint density at radius 3 is 2.44 bits per heavy atom. The maximum atomic E-state index is 10.5. The highest BCUT2D eigenvalue weighted by atomic mass is 16.5. The lowest BCUT2D eigenvalue weighted by Gasteiger charge is -2.16. The molecule has 0 radical (unpaired) electrons. The van der Waals surface area contributed by atoms with Gasteiger partial charge in [-0.05, 0) is 26.0 Å². The molecule has 0 amide bonds. The van der Waals surface area contributed by atoms with Crippen molar-refractivity contribution >= 4 is 0 Å². The molecule has 1 aromatic heterocycles. The van der Waals surface area contributed by atoms with Crippen LogP contribution in [0.2, 0.25) is 0 Å². The van der Waals surface area contributed by atoms with Gasteiger partial charge < -0.3 is 9.84 Å². The quantitative estimate of drug-likeness (QED) is 0.901. The highest BCUT2D eigenvalue weighted by molar-refractivity contribution is 5.41. The predicted molar refractivity (Wildman–Crippen MR) is 70.8 cm³/mol. The van der Waals surface area contributed by atoms with E-state index in [0.717, 1.165) is 22.5 Å². The van der Waals surface area contributed by atoms with E-state index in [1.807, 2.05) is 50.2 Å². The minimum Gasteiger partial charge on any atom is -0.496 e. The van der Waals surface area contributed by atoms with E-state index in [0.29, 0.717) is 5.75 Å². The summed E-state index contributed by atoms with van der Waals surface area (Å²) in [6, 6.07) is 11.3. The molecule has 0 aliphatic carbocycles. The summed E-state index contributed by atoms with van der Waals surface area (Å²) in [6.07, 6.45) is -0.714. The van der Waals surface area contributed by atoms with Crippen molar-refractivity contribution in [2.75, 3.05) is 7.11 Å². The molecule has 0 saturated carbocycles. The minimum atomic E-state index is -0.714. The number of rotatable bonds is 3. The number of aliphatic hydroxyl groups is 1. The number of aromatic nitrogens is 1. The first-order valence-electron chi connectivity index (χ1n) is 5.88. The first-order chi connectivity index (χ1) is 8.63. The molecule has 0 aliphatic rings. The summed E-state index contributed by atoms with van der Waals surface area (Å²) in [5, 5.41) is 10.5. The van der Waals surface area contributed by atoms with E-state index in [9.17, 15) is 5.11 Å². The van der Waals surface area contributed by atoms with Gasteiger partial charge in [0.1, 0.15) is 11.9 Å². The maximum Gasteiger partial charge on any atom is 0.125 e. The molecule has 3 nitrogen and oxygen atoms in total. The van der Waals surface area contributed by atoms with Crippen LogP contribution in [-0.2, 0) is 0 Å². The summed E-state index contributed by atoms with van der Waals surface area (Å²) < 4.78 is 5.27. The molecule has 0 aliphatic heterocycles. The highest BCUT2D eigenvalue weighted by Crippen LogP contribution is 2.30. The average Bonchev–Trinajstić information content (AvgIpc) is 2.38. The third kappa shape index (κ3) is 2.36. The molecular formula is C15H17NO2. The number of hydrogen-bond acceptors (Lipinski definition) is 3. The standard InChI is InChI=1S/C15H17NO2/c1-10-8-9-12(11(2)16-10)15(17)13-6-4-5-7-14(13)18-3/h4-9,15,17H,1-3H3. The molecule has 1 heterocycles. The zero-order chi connectivity index (χ0) is 13.1. The number of nitrogens with zero attached hydrogens (tertiary/aromatic N) is 1. The van der Waals surface area contributed by atoms with Crippen molar-refractivity contribution in [2.45, 2.75) is 20.0 Å². The monoisotopic (exact) mass is 243 g/mol. The first kappa shape index (κ1) is 12.6. The number of ether oxygens (including phenoxy) is 1. The second-order valence-corrected chi connectivity index (χ2v) is 4.27. The van der Waals surface area contributed by atoms with Crippen LogP contribution in [0.25, 0.3) is 0 Å². The van der Waals surface area contributed by atoms with Gasteiger partial charge in [0.15, 0.2) is 0 Å². The molecular weight excluding hydrogens is 226 g/mol. The van der Waals surface area contributed by atoms with Crippen LogP contribution < -0.4 is 4.74 Å². The van der Waals surface area contributed by atoms with Crippen LogP contribution in [-0.4, -0.2) is 17.2 Å². The Bertz CT molecular complexity index is 552. The maximum absolute atomic E-state index is 10.5. The number of aliphatic hydroxyl groups excluding tert-OH is 1. The lowest BCUT2D eigenvalue weighted by atomic mass is 9.99. The minimum absolute atomic E-state index is 0.685. The molecule has 0 saturated heterocycles. The van der Waals surface area contributed by atoms with Crippen LogP contribution in [0.5, 0.6) is 5.75 Å². The molecule has 2 rings (SSSR count). The van der Waals surface area contributed by atoms with Crippen molar-refractivity contribution < 1.29 is 9.84 Å². The smallest absolute Gasteiger partial charge is 0.125 e. The van der Waals surface area contributed by atoms with Crippen LogP contribution in [0.1, 0.15) is 28.6 Å². The van der Waals surface area contributed by atoms with E-state index >= 15 is 0 Å². The van der Waals surface area contributed by atoms with Crippen molar-refractivity contribution in [1.82, 2.24) is 4.98 Å². The van der Waals surface area contributed by atoms with Crippen molar-refractivity contribution in [3.05, 3.63) is 58.9 Å². The fourth-order valence-electron chi connectivity index (χ4n) is 2.05. The first-order valence-corrected chi connectivity index (χ1v) is 5.88. The van der Waals surface area contributed by atoms with Gasteiger partial charge >= 0.3 is 0 Å². The zero-order valence-corrected chi connectivity index (χ0v) is 10.8. The average molecular weight is 243 g/mol. The van der Waals surface area contributed by atoms with Gasteiger partial charge in [-0.3, -0.25) is 4.98 Å². The van der Waals surface area contributed by atoms with E-state index in [-0.39, 0.29) is 0 Å². The molecule has 94 valence electrons. The summed E-state index contributed by atoms with van der Waals surface area (Å²) in [5.41, 5.74) is 3.36. The van der Waals surface area contributed by atoms with Gasteiger partial charge in [0, 0.05) is 22.5 Å². The molecule has 3 heteroatoms. The fraction of sp³-hybridized carbons (Fsp3) is 0.267. The summed E-state index contributed by atoms with van der Waals surface area (Å²) in [6.45, 7) is 3.84. The largest absolute Gasteiger partial charge is 0.496 e. The Labute approximate surface area is 107 Å². The molecule has 1 unspecified atom stereocenters. The van der Waals surface area contributed by atoms with Gasteiger partial charge in [0.05, 0.1) is 7.11 Å². The van der Waals surface area contributed by atoms with Crippen molar-refractivity contribution in [3.63, 3.8) is 0 Å². The second kappa shape index (κ2) is 5.19. The van der Waals surface area contributed by atoms with Crippen LogP contribution in [0.3, 0.4) is 0 Å². The van der Waals surface area contributed by atoms with E-state index in [4.69, 9.17) is 4.74 Å². The number of pyridine rings is 1. The predicted octanol–water partition coefficient (Wildman–Crippen LogP) is 2.79. The SMILES string of the molecule is COc1ccccc1C(O)c1ccc(C)nc1C. The lowest BCUT2D eigenvalue weighted by Crippen LogP contribution is -2.05. The van der Waals surface area contributed by atoms with Gasteiger partial charge in [-0.1, -0.05) is 24.3 Å². The number of aryl methyl sites for hydroxylation is 2. The normalized spacial score (nSPS) is 12.2. The number of benzene rings is 1. The van der Waals surface area contributed by atoms with E-state index in [1.54, 1.807) is 7.11 Å². The number of methoxy groups -OCH3 is 1. The van der Waals surface area contributed by atoms with E-state index in [2.05, 4.69) is 4.98 Å². The van der Waals surface area contributed by atoms with Crippen LogP contribution in [0.4, 0.5) is 0 Å². The molecule has 1 atom stereocenters. The van der Waals surface area contributed by atoms with Gasteiger partial charge in [-0.25, -0.2) is 0 Å². The van der Waals surface area contributed by atoms with Crippen molar-refractivity contribution in [3.8, 4) is 5.75 Å². The Morgan fingerprint density at radius 1 is 1.06 bits per heavy atom. The molecule has 1 aromatic carbocycles. The van der Waals surface area contributed by atoms with E-state index in [1.165, 1.54) is 0 Å². The Hall–Kier alpha value is -1.87. The summed E-state index contributed by atoms with van der Waals surface area (Å²) in [5.74, 6) is 0.685. The third-order valence-electron chi connectivity index (χ3n) is 2.99. The Balaban J connectivity index is 2.44. The van der Waals surface area contributed by atoms with Gasteiger partial charge in [0.2, 0.25) is 0 Å². The zero-order valence-electron chi connectivity index (χ0n) is 10.8. The van der Waals surface area contributed by atoms with Gasteiger partial charge in [0.25, 0.3) is 0 Å². The van der Waals surface area contributed by atoms with Crippen LogP contribution in [0.15, 0.2) is 36.4 Å². The summed E-state index contributed by atoms with van der Waals surface area (Å²) >= 11 is 0. The molecule has 0 spiro atoms. The molecule has 0 fully saturated rings. The summed E-state index contributed by atoms with van der Waals surface area (Å²) in [4.78, 5) is 4.37. The lowest BCUT2D eigenvalue weighted by molar-refractivity contribution is 0.213. The number of para-hydroxylation sites is 1. The molecule has 0 bridgehead atoms. The van der Waals surface area contributed by atoms with Crippen LogP contribution in [0, 0.1) is 13.8 Å². The van der Waals surface area contributed by atoms with E-state index < -0.39 is 6.10 Å².